The second kappa shape index (κ2) is 5.41. The Kier molecular flexibility index (Phi) is 3.90. The summed E-state index contributed by atoms with van der Waals surface area (Å²) in [6.07, 6.45) is 3.80. The highest BCUT2D eigenvalue weighted by Crippen LogP contribution is 2.18. The molecule has 1 saturated heterocycles. The molecule has 1 aromatic rings. The van der Waals surface area contributed by atoms with Crippen LogP contribution in [-0.4, -0.2) is 23.6 Å². The molecular weight excluding hydrogens is 224 g/mol. The summed E-state index contributed by atoms with van der Waals surface area (Å²) in [4.78, 5) is 15.9. The quantitative estimate of drug-likeness (QED) is 0.882. The summed E-state index contributed by atoms with van der Waals surface area (Å²) >= 11 is 1.46. The zero-order chi connectivity index (χ0) is 11.4. The number of thiazole rings is 1. The van der Waals surface area contributed by atoms with Crippen molar-refractivity contribution in [3.05, 3.63) is 11.1 Å². The van der Waals surface area contributed by atoms with E-state index in [0.717, 1.165) is 31.6 Å². The normalized spacial score (nSPS) is 20.7. The Morgan fingerprint density at radius 2 is 2.56 bits per heavy atom. The SMILES string of the molecule is Cc1csc(NC(=O)CC2CCCCO2)n1. The predicted octanol–water partition coefficient (Wildman–Crippen LogP) is 2.35. The Morgan fingerprint density at radius 1 is 1.69 bits per heavy atom. The molecule has 0 saturated carbocycles. The number of nitrogens with one attached hydrogen (secondary N) is 1. The van der Waals surface area contributed by atoms with E-state index < -0.39 is 0 Å². The zero-order valence-electron chi connectivity index (χ0n) is 9.36. The smallest absolute Gasteiger partial charge is 0.228 e. The van der Waals surface area contributed by atoms with Crippen molar-refractivity contribution in [3.8, 4) is 0 Å². The molecule has 1 aromatic heterocycles. The van der Waals surface area contributed by atoms with Gasteiger partial charge in [0.2, 0.25) is 5.91 Å². The van der Waals surface area contributed by atoms with E-state index >= 15 is 0 Å². The third-order valence-corrected chi connectivity index (χ3v) is 3.43. The largest absolute Gasteiger partial charge is 0.378 e. The van der Waals surface area contributed by atoms with Gasteiger partial charge in [-0.25, -0.2) is 4.98 Å². The summed E-state index contributed by atoms with van der Waals surface area (Å²) < 4.78 is 5.51. The number of hydrogen-bond acceptors (Lipinski definition) is 4. The molecular formula is C11H16N2O2S. The van der Waals surface area contributed by atoms with Gasteiger partial charge in [-0.2, -0.15) is 0 Å². The number of ether oxygens (including phenoxy) is 1. The van der Waals surface area contributed by atoms with E-state index in [2.05, 4.69) is 10.3 Å². The number of anilines is 1. The van der Waals surface area contributed by atoms with E-state index in [1.165, 1.54) is 11.3 Å². The van der Waals surface area contributed by atoms with E-state index in [1.807, 2.05) is 12.3 Å². The minimum atomic E-state index is 0.00116. The van der Waals surface area contributed by atoms with Crippen LogP contribution in [0.2, 0.25) is 0 Å². The first-order valence-electron chi connectivity index (χ1n) is 5.57. The maximum atomic E-state index is 11.7. The van der Waals surface area contributed by atoms with Gasteiger partial charge in [-0.1, -0.05) is 0 Å². The zero-order valence-corrected chi connectivity index (χ0v) is 10.2. The summed E-state index contributed by atoms with van der Waals surface area (Å²) in [5.41, 5.74) is 0.939. The van der Waals surface area contributed by atoms with Gasteiger partial charge in [0.15, 0.2) is 5.13 Å². The topological polar surface area (TPSA) is 51.2 Å². The fourth-order valence-corrected chi connectivity index (χ4v) is 2.46. The molecule has 5 heteroatoms. The van der Waals surface area contributed by atoms with Crippen LogP contribution in [0.15, 0.2) is 5.38 Å². The van der Waals surface area contributed by atoms with Gasteiger partial charge in [-0.05, 0) is 26.2 Å². The van der Waals surface area contributed by atoms with Gasteiger partial charge < -0.3 is 10.1 Å². The number of rotatable bonds is 3. The Bertz CT molecular complexity index is 359. The van der Waals surface area contributed by atoms with Gasteiger partial charge in [-0.3, -0.25) is 4.79 Å². The van der Waals surface area contributed by atoms with Crippen LogP contribution in [-0.2, 0) is 9.53 Å². The molecule has 1 aliphatic rings. The minimum absolute atomic E-state index is 0.00116. The highest BCUT2D eigenvalue weighted by molar-refractivity contribution is 7.13. The molecule has 1 fully saturated rings. The number of nitrogens with zero attached hydrogens (tertiary/aromatic N) is 1. The average Bonchev–Trinajstić information content (AvgIpc) is 2.65. The van der Waals surface area contributed by atoms with Crippen molar-refractivity contribution in [1.29, 1.82) is 0 Å². The lowest BCUT2D eigenvalue weighted by Gasteiger charge is -2.21. The van der Waals surface area contributed by atoms with Crippen LogP contribution in [0.25, 0.3) is 0 Å². The van der Waals surface area contributed by atoms with Crippen LogP contribution in [0.1, 0.15) is 31.4 Å². The van der Waals surface area contributed by atoms with E-state index in [1.54, 1.807) is 0 Å². The van der Waals surface area contributed by atoms with Crippen LogP contribution in [0.3, 0.4) is 0 Å². The third-order valence-electron chi connectivity index (χ3n) is 2.55. The molecule has 0 aromatic carbocycles. The van der Waals surface area contributed by atoms with Crippen LogP contribution < -0.4 is 5.32 Å². The summed E-state index contributed by atoms with van der Waals surface area (Å²) in [7, 11) is 0. The van der Waals surface area contributed by atoms with Crippen molar-refractivity contribution in [2.45, 2.75) is 38.7 Å². The Balaban J connectivity index is 1.79. The Morgan fingerprint density at radius 3 is 3.19 bits per heavy atom. The molecule has 1 aliphatic heterocycles. The number of aryl methyl sites for hydroxylation is 1. The van der Waals surface area contributed by atoms with E-state index in [9.17, 15) is 4.79 Å². The summed E-state index contributed by atoms with van der Waals surface area (Å²) in [5, 5.41) is 5.40. The highest BCUT2D eigenvalue weighted by Gasteiger charge is 2.18. The third kappa shape index (κ3) is 3.28. The Labute approximate surface area is 99.0 Å². The van der Waals surface area contributed by atoms with Gasteiger partial charge in [0.25, 0.3) is 0 Å². The number of aromatic nitrogens is 1. The lowest BCUT2D eigenvalue weighted by atomic mass is 10.1. The fraction of sp³-hybridized carbons (Fsp3) is 0.636. The van der Waals surface area contributed by atoms with Crippen LogP contribution >= 0.6 is 11.3 Å². The van der Waals surface area contributed by atoms with E-state index in [4.69, 9.17) is 4.74 Å². The van der Waals surface area contributed by atoms with Gasteiger partial charge in [-0.15, -0.1) is 11.3 Å². The number of carbonyl (C=O) groups excluding carboxylic acids is 1. The molecule has 4 nitrogen and oxygen atoms in total. The van der Waals surface area contributed by atoms with Crippen LogP contribution in [0.4, 0.5) is 5.13 Å². The molecule has 16 heavy (non-hydrogen) atoms. The van der Waals surface area contributed by atoms with Crippen molar-refractivity contribution in [3.63, 3.8) is 0 Å². The van der Waals surface area contributed by atoms with Crippen molar-refractivity contribution in [2.75, 3.05) is 11.9 Å². The molecule has 2 rings (SSSR count). The van der Waals surface area contributed by atoms with Crippen LogP contribution in [0.5, 0.6) is 0 Å². The maximum absolute atomic E-state index is 11.7. The number of amides is 1. The lowest BCUT2D eigenvalue weighted by molar-refractivity contribution is -0.119. The van der Waals surface area contributed by atoms with Gasteiger partial charge >= 0.3 is 0 Å². The molecule has 0 radical (unpaired) electrons. The molecule has 88 valence electrons. The first kappa shape index (κ1) is 11.5. The maximum Gasteiger partial charge on any atom is 0.228 e. The van der Waals surface area contributed by atoms with Gasteiger partial charge in [0.05, 0.1) is 18.2 Å². The van der Waals surface area contributed by atoms with E-state index in [0.29, 0.717) is 11.6 Å². The second-order valence-corrected chi connectivity index (χ2v) is 4.89. The first-order valence-corrected chi connectivity index (χ1v) is 6.45. The average molecular weight is 240 g/mol. The minimum Gasteiger partial charge on any atom is -0.378 e. The van der Waals surface area contributed by atoms with Gasteiger partial charge in [0.1, 0.15) is 0 Å². The van der Waals surface area contributed by atoms with Gasteiger partial charge in [0, 0.05) is 12.0 Å². The summed E-state index contributed by atoms with van der Waals surface area (Å²) in [5.74, 6) is 0.00116. The molecule has 1 unspecified atom stereocenters. The lowest BCUT2D eigenvalue weighted by Crippen LogP contribution is -2.25. The molecule has 1 N–H and O–H groups in total. The number of carbonyl (C=O) groups is 1. The predicted molar refractivity (Wildman–Crippen MR) is 63.7 cm³/mol. The highest BCUT2D eigenvalue weighted by atomic mass is 32.1. The van der Waals surface area contributed by atoms with Crippen LogP contribution in [0, 0.1) is 6.92 Å². The first-order chi connectivity index (χ1) is 7.74. The second-order valence-electron chi connectivity index (χ2n) is 4.03. The molecule has 0 bridgehead atoms. The molecule has 2 heterocycles. The summed E-state index contributed by atoms with van der Waals surface area (Å²) in [6.45, 7) is 2.70. The summed E-state index contributed by atoms with van der Waals surface area (Å²) in [6, 6.07) is 0. The van der Waals surface area contributed by atoms with Crippen molar-refractivity contribution >= 4 is 22.4 Å². The van der Waals surface area contributed by atoms with Crippen molar-refractivity contribution in [2.24, 2.45) is 0 Å². The van der Waals surface area contributed by atoms with Crippen molar-refractivity contribution < 1.29 is 9.53 Å². The monoisotopic (exact) mass is 240 g/mol. The van der Waals surface area contributed by atoms with Crippen molar-refractivity contribution in [1.82, 2.24) is 4.98 Å². The number of hydrogen-bond donors (Lipinski definition) is 1. The Hall–Kier alpha value is -0.940. The standard InChI is InChI=1S/C11H16N2O2S/c1-8-7-16-11(12-8)13-10(14)6-9-4-2-3-5-15-9/h7,9H,2-6H2,1H3,(H,12,13,14). The molecule has 0 spiro atoms. The molecule has 0 aliphatic carbocycles. The molecule has 1 atom stereocenters. The fourth-order valence-electron chi connectivity index (χ4n) is 1.76. The van der Waals surface area contributed by atoms with E-state index in [-0.39, 0.29) is 12.0 Å². The molecule has 1 amide bonds.